The van der Waals surface area contributed by atoms with Gasteiger partial charge in [-0.3, -0.25) is 0 Å². The van der Waals surface area contributed by atoms with Crippen molar-refractivity contribution in [2.45, 2.75) is 6.04 Å². The molecule has 0 radical (unpaired) electrons. The quantitative estimate of drug-likeness (QED) is 0.886. The fourth-order valence-corrected chi connectivity index (χ4v) is 2.48. The molecule has 0 aliphatic carbocycles. The lowest BCUT2D eigenvalue weighted by Gasteiger charge is -2.25. The Labute approximate surface area is 119 Å². The van der Waals surface area contributed by atoms with E-state index in [-0.39, 0.29) is 12.4 Å². The van der Waals surface area contributed by atoms with Crippen molar-refractivity contribution in [3.05, 3.63) is 42.0 Å². The Balaban J connectivity index is 0.00000133. The lowest BCUT2D eigenvalue weighted by molar-refractivity contribution is 0.415. The van der Waals surface area contributed by atoms with Crippen molar-refractivity contribution in [3.8, 4) is 5.75 Å². The summed E-state index contributed by atoms with van der Waals surface area (Å²) in [6.45, 7) is 3.09. The zero-order valence-electron chi connectivity index (χ0n) is 11.0. The second-order valence-electron chi connectivity index (χ2n) is 4.68. The molecule has 0 saturated carbocycles. The van der Waals surface area contributed by atoms with Crippen molar-refractivity contribution in [1.82, 2.24) is 10.6 Å². The van der Waals surface area contributed by atoms with Crippen molar-refractivity contribution in [2.75, 3.05) is 26.7 Å². The van der Waals surface area contributed by atoms with E-state index in [0.717, 1.165) is 25.4 Å². The van der Waals surface area contributed by atoms with Gasteiger partial charge >= 0.3 is 0 Å². The second kappa shape index (κ2) is 6.24. The topological polar surface area (TPSA) is 33.3 Å². The van der Waals surface area contributed by atoms with Crippen LogP contribution in [0.4, 0.5) is 0 Å². The molecule has 3 rings (SSSR count). The molecule has 19 heavy (non-hydrogen) atoms. The van der Waals surface area contributed by atoms with Gasteiger partial charge in [-0.15, -0.1) is 12.4 Å². The predicted molar refractivity (Wildman–Crippen MR) is 81.4 cm³/mol. The third-order valence-electron chi connectivity index (χ3n) is 3.51. The van der Waals surface area contributed by atoms with E-state index in [1.807, 2.05) is 6.07 Å². The molecule has 1 fully saturated rings. The molecule has 2 N–H and O–H groups in total. The van der Waals surface area contributed by atoms with E-state index < -0.39 is 0 Å². The molecule has 1 saturated heterocycles. The van der Waals surface area contributed by atoms with E-state index in [2.05, 4.69) is 41.0 Å². The van der Waals surface area contributed by atoms with E-state index in [9.17, 15) is 0 Å². The number of methoxy groups -OCH3 is 1. The van der Waals surface area contributed by atoms with Gasteiger partial charge in [-0.25, -0.2) is 0 Å². The van der Waals surface area contributed by atoms with Gasteiger partial charge in [-0.2, -0.15) is 0 Å². The summed E-state index contributed by atoms with van der Waals surface area (Å²) in [5, 5.41) is 9.44. The molecule has 1 atom stereocenters. The van der Waals surface area contributed by atoms with Crippen molar-refractivity contribution in [3.63, 3.8) is 0 Å². The van der Waals surface area contributed by atoms with Gasteiger partial charge in [-0.1, -0.05) is 18.2 Å². The molecule has 0 aromatic heterocycles. The third kappa shape index (κ3) is 3.00. The van der Waals surface area contributed by atoms with E-state index in [0.29, 0.717) is 6.04 Å². The Morgan fingerprint density at radius 2 is 1.84 bits per heavy atom. The molecule has 0 spiro atoms. The van der Waals surface area contributed by atoms with Gasteiger partial charge in [-0.05, 0) is 34.5 Å². The van der Waals surface area contributed by atoms with Crippen LogP contribution in [0.1, 0.15) is 11.6 Å². The molecule has 2 aromatic carbocycles. The molecule has 2 aromatic rings. The summed E-state index contributed by atoms with van der Waals surface area (Å²) in [6.07, 6.45) is 0. The predicted octanol–water partition coefficient (Wildman–Crippen LogP) is 2.50. The molecule has 3 nitrogen and oxygen atoms in total. The van der Waals surface area contributed by atoms with Crippen molar-refractivity contribution in [2.24, 2.45) is 0 Å². The molecule has 102 valence electrons. The molecular formula is C15H19ClN2O. The first-order valence-corrected chi connectivity index (χ1v) is 6.38. The minimum Gasteiger partial charge on any atom is -0.497 e. The van der Waals surface area contributed by atoms with Gasteiger partial charge in [0.2, 0.25) is 0 Å². The fraction of sp³-hybridized carbons (Fsp3) is 0.333. The Hall–Kier alpha value is -1.29. The first-order chi connectivity index (χ1) is 8.86. The maximum atomic E-state index is 5.25. The lowest BCUT2D eigenvalue weighted by atomic mass is 10.0. The maximum absolute atomic E-state index is 5.25. The maximum Gasteiger partial charge on any atom is 0.119 e. The van der Waals surface area contributed by atoms with Crippen LogP contribution in [0, 0.1) is 0 Å². The van der Waals surface area contributed by atoms with E-state index in [4.69, 9.17) is 4.74 Å². The highest BCUT2D eigenvalue weighted by Gasteiger charge is 2.14. The van der Waals surface area contributed by atoms with Crippen LogP contribution in [-0.2, 0) is 0 Å². The highest BCUT2D eigenvalue weighted by Crippen LogP contribution is 2.24. The molecule has 0 bridgehead atoms. The summed E-state index contributed by atoms with van der Waals surface area (Å²) in [5.41, 5.74) is 1.35. The zero-order chi connectivity index (χ0) is 12.4. The summed E-state index contributed by atoms with van der Waals surface area (Å²) in [7, 11) is 1.70. The number of nitrogens with one attached hydrogen (secondary N) is 2. The van der Waals surface area contributed by atoms with Gasteiger partial charge in [0.1, 0.15) is 5.75 Å². The van der Waals surface area contributed by atoms with Crippen molar-refractivity contribution >= 4 is 23.2 Å². The number of benzene rings is 2. The second-order valence-corrected chi connectivity index (χ2v) is 4.68. The van der Waals surface area contributed by atoms with Crippen LogP contribution in [0.3, 0.4) is 0 Å². The normalized spacial score (nSPS) is 18.9. The smallest absolute Gasteiger partial charge is 0.119 e. The standard InChI is InChI=1S/C15H18N2O.ClH/c1-18-14-5-4-11-8-13(3-2-12(11)9-14)15-10-16-6-7-17-15;/h2-5,8-9,15-17H,6-7,10H2,1H3;1H/t15-;/m1./s1. The molecular weight excluding hydrogens is 260 g/mol. The Bertz CT molecular complexity index is 553. The Kier molecular flexibility index (Phi) is 4.64. The lowest BCUT2D eigenvalue weighted by Crippen LogP contribution is -2.42. The summed E-state index contributed by atoms with van der Waals surface area (Å²) >= 11 is 0. The van der Waals surface area contributed by atoms with Crippen LogP contribution < -0.4 is 15.4 Å². The molecule has 4 heteroatoms. The van der Waals surface area contributed by atoms with Crippen molar-refractivity contribution < 1.29 is 4.74 Å². The molecule has 1 aliphatic heterocycles. The van der Waals surface area contributed by atoms with Crippen LogP contribution in [0.25, 0.3) is 10.8 Å². The number of rotatable bonds is 2. The summed E-state index contributed by atoms with van der Waals surface area (Å²) in [4.78, 5) is 0. The van der Waals surface area contributed by atoms with Crippen LogP contribution in [0.15, 0.2) is 36.4 Å². The molecule has 0 amide bonds. The fourth-order valence-electron chi connectivity index (χ4n) is 2.48. The first kappa shape index (κ1) is 14.1. The highest BCUT2D eigenvalue weighted by molar-refractivity contribution is 5.85. The van der Waals surface area contributed by atoms with Gasteiger partial charge in [0.05, 0.1) is 7.11 Å². The number of ether oxygens (including phenoxy) is 1. The Morgan fingerprint density at radius 1 is 1.05 bits per heavy atom. The zero-order valence-corrected chi connectivity index (χ0v) is 11.8. The number of halogens is 1. The van der Waals surface area contributed by atoms with E-state index >= 15 is 0 Å². The minimum atomic E-state index is 0. The summed E-state index contributed by atoms with van der Waals surface area (Å²) in [5.74, 6) is 0.910. The van der Waals surface area contributed by atoms with Crippen LogP contribution in [-0.4, -0.2) is 26.7 Å². The van der Waals surface area contributed by atoms with Crippen molar-refractivity contribution in [1.29, 1.82) is 0 Å². The average Bonchev–Trinajstić information content (AvgIpc) is 2.47. The average molecular weight is 279 g/mol. The van der Waals surface area contributed by atoms with Gasteiger partial charge < -0.3 is 15.4 Å². The van der Waals surface area contributed by atoms with Gasteiger partial charge in [0, 0.05) is 25.7 Å². The largest absolute Gasteiger partial charge is 0.497 e. The molecule has 1 heterocycles. The van der Waals surface area contributed by atoms with Gasteiger partial charge in [0.25, 0.3) is 0 Å². The molecule has 1 aliphatic rings. The Morgan fingerprint density at radius 3 is 2.58 bits per heavy atom. The van der Waals surface area contributed by atoms with E-state index in [1.165, 1.54) is 16.3 Å². The third-order valence-corrected chi connectivity index (χ3v) is 3.51. The summed E-state index contributed by atoms with van der Waals surface area (Å²) < 4.78 is 5.25. The van der Waals surface area contributed by atoms with Gasteiger partial charge in [0.15, 0.2) is 0 Å². The number of fused-ring (bicyclic) bond motifs is 1. The number of hydrogen-bond donors (Lipinski definition) is 2. The number of hydrogen-bond acceptors (Lipinski definition) is 3. The minimum absolute atomic E-state index is 0. The van der Waals surface area contributed by atoms with Crippen LogP contribution in [0.5, 0.6) is 5.75 Å². The summed E-state index contributed by atoms with van der Waals surface area (Å²) in [6, 6.07) is 13.3. The van der Waals surface area contributed by atoms with Crippen LogP contribution >= 0.6 is 12.4 Å². The highest BCUT2D eigenvalue weighted by atomic mass is 35.5. The molecule has 0 unspecified atom stereocenters. The SMILES string of the molecule is COc1ccc2cc([C@H]3CNCCN3)ccc2c1.Cl. The monoisotopic (exact) mass is 278 g/mol. The van der Waals surface area contributed by atoms with Crippen LogP contribution in [0.2, 0.25) is 0 Å². The van der Waals surface area contributed by atoms with E-state index in [1.54, 1.807) is 7.11 Å². The number of piperazine rings is 1. The first-order valence-electron chi connectivity index (χ1n) is 6.38.